The van der Waals surface area contributed by atoms with E-state index in [0.717, 1.165) is 49.3 Å². The summed E-state index contributed by atoms with van der Waals surface area (Å²) in [6.45, 7) is 7.85. The molecule has 1 N–H and O–H groups in total. The second-order valence-corrected chi connectivity index (χ2v) is 7.36. The molecule has 2 aromatic carbocycles. The lowest BCUT2D eigenvalue weighted by molar-refractivity contribution is 0.244. The minimum absolute atomic E-state index is 0.111. The molecule has 1 aliphatic rings. The van der Waals surface area contributed by atoms with Crippen LogP contribution in [0.25, 0.3) is 0 Å². The monoisotopic (exact) mass is 389 g/mol. The summed E-state index contributed by atoms with van der Waals surface area (Å²) in [6, 6.07) is 20.5. The third-order valence-electron chi connectivity index (χ3n) is 4.89. The summed E-state index contributed by atoms with van der Waals surface area (Å²) in [4.78, 5) is 13.6. The fraction of sp³-hybridized carbons (Fsp3) is 0.304. The van der Waals surface area contributed by atoms with Crippen LogP contribution in [0.1, 0.15) is 13.8 Å². The molecular formula is C23H27N5O. The minimum atomic E-state index is 0.111. The molecule has 1 aromatic heterocycles. The average molecular weight is 390 g/mol. The van der Waals surface area contributed by atoms with Crippen LogP contribution in [0.5, 0.6) is 5.75 Å². The van der Waals surface area contributed by atoms with Crippen LogP contribution in [0.4, 0.5) is 23.0 Å². The Morgan fingerprint density at radius 3 is 2.31 bits per heavy atom. The minimum Gasteiger partial charge on any atom is -0.489 e. The molecule has 1 aliphatic heterocycles. The second kappa shape index (κ2) is 8.82. The van der Waals surface area contributed by atoms with Crippen molar-refractivity contribution in [3.8, 4) is 5.75 Å². The average Bonchev–Trinajstić information content (AvgIpc) is 2.76. The second-order valence-electron chi connectivity index (χ2n) is 7.36. The normalized spacial score (nSPS) is 14.2. The van der Waals surface area contributed by atoms with Gasteiger partial charge < -0.3 is 19.9 Å². The van der Waals surface area contributed by atoms with E-state index in [1.807, 2.05) is 44.2 Å². The highest BCUT2D eigenvalue weighted by Gasteiger charge is 2.19. The number of rotatable bonds is 6. The van der Waals surface area contributed by atoms with Crippen LogP contribution < -0.4 is 19.9 Å². The van der Waals surface area contributed by atoms with Crippen molar-refractivity contribution in [2.24, 2.45) is 0 Å². The third-order valence-corrected chi connectivity index (χ3v) is 4.89. The van der Waals surface area contributed by atoms with Gasteiger partial charge in [0.25, 0.3) is 0 Å². The lowest BCUT2D eigenvalue weighted by atomic mass is 10.2. The molecule has 0 atom stereocenters. The highest BCUT2D eigenvalue weighted by Crippen LogP contribution is 2.28. The highest BCUT2D eigenvalue weighted by molar-refractivity contribution is 5.65. The number of anilines is 4. The van der Waals surface area contributed by atoms with Gasteiger partial charge in [-0.25, -0.2) is 9.97 Å². The van der Waals surface area contributed by atoms with Crippen LogP contribution in [-0.4, -0.2) is 42.3 Å². The van der Waals surface area contributed by atoms with Gasteiger partial charge in [0, 0.05) is 37.9 Å². The first-order chi connectivity index (χ1) is 14.2. The van der Waals surface area contributed by atoms with Crippen LogP contribution in [-0.2, 0) is 0 Å². The molecule has 150 valence electrons. The van der Waals surface area contributed by atoms with Gasteiger partial charge in [-0.05, 0) is 38.1 Å². The molecule has 0 spiro atoms. The van der Waals surface area contributed by atoms with Gasteiger partial charge in [-0.1, -0.05) is 30.3 Å². The number of piperazine rings is 1. The van der Waals surface area contributed by atoms with Crippen molar-refractivity contribution in [1.29, 1.82) is 0 Å². The van der Waals surface area contributed by atoms with Crippen LogP contribution in [0.15, 0.2) is 67.0 Å². The van der Waals surface area contributed by atoms with Crippen molar-refractivity contribution in [2.45, 2.75) is 20.0 Å². The number of benzene rings is 2. The molecule has 4 rings (SSSR count). The number of ether oxygens (including phenoxy) is 1. The molecule has 0 saturated carbocycles. The van der Waals surface area contributed by atoms with Gasteiger partial charge in [0.1, 0.15) is 23.7 Å². The number of hydrogen-bond donors (Lipinski definition) is 1. The Balaban J connectivity index is 1.44. The maximum atomic E-state index is 5.90. The van der Waals surface area contributed by atoms with Crippen molar-refractivity contribution < 1.29 is 4.74 Å². The molecule has 0 amide bonds. The van der Waals surface area contributed by atoms with Gasteiger partial charge in [0.2, 0.25) is 0 Å². The zero-order valence-electron chi connectivity index (χ0n) is 17.0. The van der Waals surface area contributed by atoms with Crippen molar-refractivity contribution in [1.82, 2.24) is 9.97 Å². The number of aromatic nitrogens is 2. The molecule has 1 saturated heterocycles. The first-order valence-electron chi connectivity index (χ1n) is 10.1. The Bertz CT molecular complexity index is 923. The van der Waals surface area contributed by atoms with E-state index in [4.69, 9.17) is 4.74 Å². The van der Waals surface area contributed by atoms with Crippen molar-refractivity contribution in [2.75, 3.05) is 41.3 Å². The molecule has 6 nitrogen and oxygen atoms in total. The first-order valence-corrected chi connectivity index (χ1v) is 10.1. The molecule has 3 aromatic rings. The number of para-hydroxylation sites is 3. The fourth-order valence-electron chi connectivity index (χ4n) is 3.49. The number of nitrogens with zero attached hydrogens (tertiary/aromatic N) is 4. The Kier molecular flexibility index (Phi) is 5.79. The molecular weight excluding hydrogens is 362 g/mol. The van der Waals surface area contributed by atoms with Gasteiger partial charge in [-0.15, -0.1) is 0 Å². The third kappa shape index (κ3) is 4.77. The summed E-state index contributed by atoms with van der Waals surface area (Å²) in [7, 11) is 0. The van der Waals surface area contributed by atoms with Crippen LogP contribution >= 0.6 is 0 Å². The topological polar surface area (TPSA) is 53.5 Å². The first kappa shape index (κ1) is 19.1. The largest absolute Gasteiger partial charge is 0.489 e. The van der Waals surface area contributed by atoms with E-state index in [1.165, 1.54) is 5.69 Å². The van der Waals surface area contributed by atoms with E-state index in [1.54, 1.807) is 6.33 Å². The van der Waals surface area contributed by atoms with E-state index in [0.29, 0.717) is 0 Å². The summed E-state index contributed by atoms with van der Waals surface area (Å²) in [6.07, 6.45) is 1.73. The van der Waals surface area contributed by atoms with Crippen molar-refractivity contribution >= 4 is 23.0 Å². The van der Waals surface area contributed by atoms with Gasteiger partial charge in [0.05, 0.1) is 11.8 Å². The highest BCUT2D eigenvalue weighted by atomic mass is 16.5. The number of hydrogen-bond acceptors (Lipinski definition) is 6. The summed E-state index contributed by atoms with van der Waals surface area (Å²) in [5, 5.41) is 3.38. The van der Waals surface area contributed by atoms with Gasteiger partial charge >= 0.3 is 0 Å². The maximum Gasteiger partial charge on any atom is 0.143 e. The van der Waals surface area contributed by atoms with Crippen molar-refractivity contribution in [3.05, 3.63) is 67.0 Å². The van der Waals surface area contributed by atoms with E-state index >= 15 is 0 Å². The van der Waals surface area contributed by atoms with Crippen molar-refractivity contribution in [3.63, 3.8) is 0 Å². The Morgan fingerprint density at radius 1 is 0.862 bits per heavy atom. The predicted octanol–water partition coefficient (Wildman–Crippen LogP) is 4.33. The molecule has 29 heavy (non-hydrogen) atoms. The van der Waals surface area contributed by atoms with Crippen LogP contribution in [0.2, 0.25) is 0 Å². The summed E-state index contributed by atoms with van der Waals surface area (Å²) >= 11 is 0. The summed E-state index contributed by atoms with van der Waals surface area (Å²) in [5.74, 6) is 2.52. The maximum absolute atomic E-state index is 5.90. The molecule has 0 aliphatic carbocycles. The van der Waals surface area contributed by atoms with E-state index in [9.17, 15) is 0 Å². The molecule has 1 fully saturated rings. The SMILES string of the molecule is CC(C)Oc1ccccc1Nc1cc(N2CCN(c3ccccc3)CC2)ncn1. The lowest BCUT2D eigenvalue weighted by Crippen LogP contribution is -2.46. The smallest absolute Gasteiger partial charge is 0.143 e. The van der Waals surface area contributed by atoms with Crippen LogP contribution in [0, 0.1) is 0 Å². The Labute approximate surface area is 172 Å². The zero-order chi connectivity index (χ0) is 20.1. The van der Waals surface area contributed by atoms with Gasteiger partial charge in [-0.2, -0.15) is 0 Å². The van der Waals surface area contributed by atoms with Gasteiger partial charge in [-0.3, -0.25) is 0 Å². The van der Waals surface area contributed by atoms with Gasteiger partial charge in [0.15, 0.2) is 0 Å². The zero-order valence-corrected chi connectivity index (χ0v) is 17.0. The quantitative estimate of drug-likeness (QED) is 0.677. The molecule has 0 radical (unpaired) electrons. The predicted molar refractivity (Wildman–Crippen MR) is 118 cm³/mol. The van der Waals surface area contributed by atoms with Crippen LogP contribution in [0.3, 0.4) is 0 Å². The molecule has 0 unspecified atom stereocenters. The van der Waals surface area contributed by atoms with E-state index < -0.39 is 0 Å². The Hall–Kier alpha value is -3.28. The molecule has 0 bridgehead atoms. The summed E-state index contributed by atoms with van der Waals surface area (Å²) < 4.78 is 5.90. The molecule has 6 heteroatoms. The molecule has 2 heterocycles. The van der Waals surface area contributed by atoms with E-state index in [-0.39, 0.29) is 6.10 Å². The standard InChI is InChI=1S/C23H27N5O/c1-18(2)29-21-11-7-6-10-20(21)26-22-16-23(25-17-24-22)28-14-12-27(13-15-28)19-8-4-3-5-9-19/h3-11,16-18H,12-15H2,1-2H3,(H,24,25,26). The Morgan fingerprint density at radius 2 is 1.55 bits per heavy atom. The summed E-state index contributed by atoms with van der Waals surface area (Å²) in [5.41, 5.74) is 2.18. The fourth-order valence-corrected chi connectivity index (χ4v) is 3.49. The number of nitrogens with one attached hydrogen (secondary N) is 1. The van der Waals surface area contributed by atoms with E-state index in [2.05, 4.69) is 55.4 Å². The lowest BCUT2D eigenvalue weighted by Gasteiger charge is -2.36.